The van der Waals surface area contributed by atoms with Crippen LogP contribution in [0.5, 0.6) is 0 Å². The standard InChI is InChI=1S/C12H14F3N5S/c13-12(14,15)10-19-20-11(21-10)18-6-2-5-17-8-9-3-1-4-16-7-9/h1,3-4,7,17H,2,5-6,8H2,(H,18,20). The molecule has 2 heterocycles. The summed E-state index contributed by atoms with van der Waals surface area (Å²) in [6.07, 6.45) is -0.167. The van der Waals surface area contributed by atoms with E-state index in [-0.39, 0.29) is 5.13 Å². The van der Waals surface area contributed by atoms with Crippen LogP contribution < -0.4 is 10.6 Å². The SMILES string of the molecule is FC(F)(F)c1nnc(NCCCNCc2cccnc2)s1. The Kier molecular flexibility index (Phi) is 5.45. The van der Waals surface area contributed by atoms with Gasteiger partial charge in [0.15, 0.2) is 0 Å². The second kappa shape index (κ2) is 7.32. The summed E-state index contributed by atoms with van der Waals surface area (Å²) in [6, 6.07) is 3.84. The predicted molar refractivity (Wildman–Crippen MR) is 74.0 cm³/mol. The van der Waals surface area contributed by atoms with Gasteiger partial charge < -0.3 is 10.6 Å². The van der Waals surface area contributed by atoms with Crippen LogP contribution >= 0.6 is 11.3 Å². The average molecular weight is 317 g/mol. The van der Waals surface area contributed by atoms with Crippen molar-refractivity contribution >= 4 is 16.5 Å². The lowest BCUT2D eigenvalue weighted by Crippen LogP contribution is -2.17. The summed E-state index contributed by atoms with van der Waals surface area (Å²) in [6.45, 7) is 1.99. The quantitative estimate of drug-likeness (QED) is 0.769. The van der Waals surface area contributed by atoms with Crippen molar-refractivity contribution < 1.29 is 13.2 Å². The summed E-state index contributed by atoms with van der Waals surface area (Å²) in [5.41, 5.74) is 1.09. The molecule has 0 bridgehead atoms. The number of aromatic nitrogens is 3. The zero-order valence-electron chi connectivity index (χ0n) is 11.0. The number of alkyl halides is 3. The zero-order chi connectivity index (χ0) is 15.1. The molecule has 114 valence electrons. The summed E-state index contributed by atoms with van der Waals surface area (Å²) in [5.74, 6) is 0. The molecule has 0 aliphatic rings. The molecule has 0 unspecified atom stereocenters. The number of hydrogen-bond donors (Lipinski definition) is 2. The van der Waals surface area contributed by atoms with Gasteiger partial charge in [0, 0.05) is 25.5 Å². The fourth-order valence-electron chi connectivity index (χ4n) is 1.55. The van der Waals surface area contributed by atoms with E-state index in [4.69, 9.17) is 0 Å². The van der Waals surface area contributed by atoms with Crippen molar-refractivity contribution in [2.45, 2.75) is 19.1 Å². The lowest BCUT2D eigenvalue weighted by molar-refractivity contribution is -0.138. The second-order valence-corrected chi connectivity index (χ2v) is 5.21. The van der Waals surface area contributed by atoms with Gasteiger partial charge in [-0.15, -0.1) is 10.2 Å². The van der Waals surface area contributed by atoms with Crippen LogP contribution in [0.3, 0.4) is 0 Å². The molecule has 2 N–H and O–H groups in total. The van der Waals surface area contributed by atoms with E-state index in [1.165, 1.54) is 0 Å². The van der Waals surface area contributed by atoms with Crippen LogP contribution in [0, 0.1) is 0 Å². The normalized spacial score (nSPS) is 11.6. The van der Waals surface area contributed by atoms with Gasteiger partial charge in [0.25, 0.3) is 0 Å². The number of rotatable bonds is 7. The van der Waals surface area contributed by atoms with Crippen LogP contribution in [0.25, 0.3) is 0 Å². The third-order valence-electron chi connectivity index (χ3n) is 2.53. The molecule has 9 heteroatoms. The molecule has 0 atom stereocenters. The largest absolute Gasteiger partial charge is 0.445 e. The molecule has 0 fully saturated rings. The first-order valence-electron chi connectivity index (χ1n) is 6.30. The first-order chi connectivity index (χ1) is 10.1. The average Bonchev–Trinajstić information content (AvgIpc) is 2.93. The third-order valence-corrected chi connectivity index (χ3v) is 3.45. The fraction of sp³-hybridized carbons (Fsp3) is 0.417. The minimum absolute atomic E-state index is 0.189. The predicted octanol–water partition coefficient (Wildman–Crippen LogP) is 2.54. The second-order valence-electron chi connectivity index (χ2n) is 4.23. The zero-order valence-corrected chi connectivity index (χ0v) is 11.8. The number of anilines is 1. The Labute approximate surface area is 123 Å². The molecule has 0 aliphatic carbocycles. The molecular formula is C12H14F3N5S. The highest BCUT2D eigenvalue weighted by Gasteiger charge is 2.35. The summed E-state index contributed by atoms with van der Waals surface area (Å²) >= 11 is 0.513. The monoisotopic (exact) mass is 317 g/mol. The van der Waals surface area contributed by atoms with Gasteiger partial charge >= 0.3 is 6.18 Å². The van der Waals surface area contributed by atoms with Crippen LogP contribution in [-0.4, -0.2) is 28.3 Å². The number of halogens is 3. The van der Waals surface area contributed by atoms with E-state index in [1.807, 2.05) is 12.1 Å². The number of nitrogens with one attached hydrogen (secondary N) is 2. The summed E-state index contributed by atoms with van der Waals surface area (Å²) in [5, 5.41) is 11.9. The van der Waals surface area contributed by atoms with E-state index in [9.17, 15) is 13.2 Å². The minimum atomic E-state index is -4.43. The molecule has 5 nitrogen and oxygen atoms in total. The van der Waals surface area contributed by atoms with Crippen molar-refractivity contribution in [3.05, 3.63) is 35.1 Å². The molecule has 0 radical (unpaired) electrons. The first kappa shape index (κ1) is 15.6. The molecule has 0 saturated carbocycles. The smallest absolute Gasteiger partial charge is 0.360 e. The van der Waals surface area contributed by atoms with E-state index < -0.39 is 11.2 Å². The minimum Gasteiger partial charge on any atom is -0.360 e. The lowest BCUT2D eigenvalue weighted by Gasteiger charge is -2.05. The Morgan fingerprint density at radius 2 is 2.05 bits per heavy atom. The van der Waals surface area contributed by atoms with Crippen LogP contribution in [0.4, 0.5) is 18.3 Å². The highest BCUT2D eigenvalue weighted by molar-refractivity contribution is 7.15. The maximum Gasteiger partial charge on any atom is 0.445 e. The maximum atomic E-state index is 12.3. The van der Waals surface area contributed by atoms with Gasteiger partial charge in [0.05, 0.1) is 0 Å². The molecule has 0 aromatic carbocycles. The van der Waals surface area contributed by atoms with Gasteiger partial charge in [-0.25, -0.2) is 0 Å². The molecule has 21 heavy (non-hydrogen) atoms. The van der Waals surface area contributed by atoms with Gasteiger partial charge in [0.2, 0.25) is 10.1 Å². The maximum absolute atomic E-state index is 12.3. The number of pyridine rings is 1. The first-order valence-corrected chi connectivity index (χ1v) is 7.11. The molecule has 0 spiro atoms. The lowest BCUT2D eigenvalue weighted by atomic mass is 10.3. The summed E-state index contributed by atoms with van der Waals surface area (Å²) in [4.78, 5) is 4.00. The molecule has 0 aliphatic heterocycles. The number of nitrogens with zero attached hydrogens (tertiary/aromatic N) is 3. The molecule has 0 amide bonds. The van der Waals surface area contributed by atoms with E-state index in [0.29, 0.717) is 24.4 Å². The van der Waals surface area contributed by atoms with Crippen LogP contribution in [0.15, 0.2) is 24.5 Å². The van der Waals surface area contributed by atoms with Gasteiger partial charge in [-0.05, 0) is 24.6 Å². The van der Waals surface area contributed by atoms with Gasteiger partial charge in [-0.3, -0.25) is 4.98 Å². The van der Waals surface area contributed by atoms with E-state index in [2.05, 4.69) is 25.8 Å². The van der Waals surface area contributed by atoms with Crippen LogP contribution in [0.1, 0.15) is 17.0 Å². The highest BCUT2D eigenvalue weighted by atomic mass is 32.1. The van der Waals surface area contributed by atoms with Gasteiger partial charge in [0.1, 0.15) is 0 Å². The number of hydrogen-bond acceptors (Lipinski definition) is 6. The Balaban J connectivity index is 1.61. The Hall–Kier alpha value is -1.74. The fourth-order valence-corrected chi connectivity index (χ4v) is 2.19. The van der Waals surface area contributed by atoms with Crippen molar-refractivity contribution in [2.24, 2.45) is 0 Å². The Bertz CT molecular complexity index is 543. The van der Waals surface area contributed by atoms with Crippen LogP contribution in [-0.2, 0) is 12.7 Å². The molecule has 2 rings (SSSR count). The van der Waals surface area contributed by atoms with Gasteiger partial charge in [-0.2, -0.15) is 13.2 Å². The van der Waals surface area contributed by atoms with Crippen molar-refractivity contribution in [1.29, 1.82) is 0 Å². The Morgan fingerprint density at radius 3 is 2.71 bits per heavy atom. The van der Waals surface area contributed by atoms with E-state index in [0.717, 1.165) is 18.5 Å². The van der Waals surface area contributed by atoms with Crippen molar-refractivity contribution in [3.63, 3.8) is 0 Å². The van der Waals surface area contributed by atoms with Crippen LogP contribution in [0.2, 0.25) is 0 Å². The van der Waals surface area contributed by atoms with Crippen molar-refractivity contribution in [3.8, 4) is 0 Å². The molecular weight excluding hydrogens is 303 g/mol. The summed E-state index contributed by atoms with van der Waals surface area (Å²) in [7, 11) is 0. The highest BCUT2D eigenvalue weighted by Crippen LogP contribution is 2.32. The Morgan fingerprint density at radius 1 is 1.19 bits per heavy atom. The van der Waals surface area contributed by atoms with Crippen molar-refractivity contribution in [2.75, 3.05) is 18.4 Å². The van der Waals surface area contributed by atoms with E-state index >= 15 is 0 Å². The summed E-state index contributed by atoms with van der Waals surface area (Å²) < 4.78 is 36.9. The molecule has 2 aromatic rings. The van der Waals surface area contributed by atoms with E-state index in [1.54, 1.807) is 12.4 Å². The van der Waals surface area contributed by atoms with Crippen molar-refractivity contribution in [1.82, 2.24) is 20.5 Å². The van der Waals surface area contributed by atoms with Gasteiger partial charge in [-0.1, -0.05) is 17.4 Å². The topological polar surface area (TPSA) is 62.7 Å². The molecule has 2 aromatic heterocycles. The third kappa shape index (κ3) is 5.27. The molecule has 0 saturated heterocycles.